The van der Waals surface area contributed by atoms with Crippen LogP contribution >= 0.6 is 0 Å². The van der Waals surface area contributed by atoms with Gasteiger partial charge in [-0.05, 0) is 43.5 Å². The number of nitrogens with one attached hydrogen (secondary N) is 1. The predicted molar refractivity (Wildman–Crippen MR) is 108 cm³/mol. The molecule has 150 valence electrons. The molecule has 0 radical (unpaired) electrons. The van der Waals surface area contributed by atoms with E-state index in [1.54, 1.807) is 37.3 Å². The number of anilines is 1. The molecule has 3 aromatic rings. The third-order valence-corrected chi connectivity index (χ3v) is 6.88. The second-order valence-corrected chi connectivity index (χ2v) is 9.05. The van der Waals surface area contributed by atoms with Gasteiger partial charge in [0.25, 0.3) is 0 Å². The van der Waals surface area contributed by atoms with Crippen molar-refractivity contribution in [3.63, 3.8) is 0 Å². The summed E-state index contributed by atoms with van der Waals surface area (Å²) in [5, 5.41) is 6.45. The van der Waals surface area contributed by atoms with Crippen molar-refractivity contribution < 1.29 is 17.7 Å². The van der Waals surface area contributed by atoms with E-state index in [0.29, 0.717) is 5.76 Å². The Kier molecular flexibility index (Phi) is 4.97. The number of hydrogen-bond acceptors (Lipinski definition) is 5. The molecule has 8 heteroatoms. The lowest BCUT2D eigenvalue weighted by Gasteiger charge is -2.34. The molecule has 0 aliphatic carbocycles. The Morgan fingerprint density at radius 1 is 1.10 bits per heavy atom. The molecule has 2 heterocycles. The number of carbonyl (C=O) groups excluding carboxylic acids is 1. The Morgan fingerprint density at radius 2 is 1.79 bits per heavy atom. The Morgan fingerprint density at radius 3 is 2.45 bits per heavy atom. The van der Waals surface area contributed by atoms with Gasteiger partial charge in [-0.3, -0.25) is 4.79 Å². The number of aryl methyl sites for hydroxylation is 2. The minimum Gasteiger partial charge on any atom is -0.360 e. The van der Waals surface area contributed by atoms with Crippen molar-refractivity contribution in [2.75, 3.05) is 5.32 Å². The lowest BCUT2D eigenvalue weighted by Crippen LogP contribution is -2.50. The summed E-state index contributed by atoms with van der Waals surface area (Å²) in [5.41, 5.74) is 2.81. The summed E-state index contributed by atoms with van der Waals surface area (Å²) in [6.45, 7) is 3.74. The number of amides is 1. The van der Waals surface area contributed by atoms with Gasteiger partial charge in [0.1, 0.15) is 11.8 Å². The molecular weight excluding hydrogens is 390 g/mol. The van der Waals surface area contributed by atoms with Crippen LogP contribution in [0, 0.1) is 13.8 Å². The Hall–Kier alpha value is -2.97. The highest BCUT2D eigenvalue weighted by Crippen LogP contribution is 2.30. The standard InChI is InChI=1S/C21H21N3O4S/c1-14-7-9-18(10-8-14)29(26,27)24-13-17-6-4-3-5-16(17)12-19(24)21(25)22-20-11-15(2)28-23-20/h3-11,19H,12-13H2,1-2H3,(H,22,23,25)/t19-/m1/s1. The molecule has 0 spiro atoms. The van der Waals surface area contributed by atoms with Crippen LogP contribution in [0.1, 0.15) is 22.5 Å². The van der Waals surface area contributed by atoms with E-state index < -0.39 is 22.0 Å². The van der Waals surface area contributed by atoms with Gasteiger partial charge in [0.2, 0.25) is 15.9 Å². The number of rotatable bonds is 4. The summed E-state index contributed by atoms with van der Waals surface area (Å²) >= 11 is 0. The molecule has 4 rings (SSSR count). The highest BCUT2D eigenvalue weighted by molar-refractivity contribution is 7.89. The maximum Gasteiger partial charge on any atom is 0.244 e. The Balaban J connectivity index is 1.71. The molecular formula is C21H21N3O4S. The van der Waals surface area contributed by atoms with Gasteiger partial charge in [0.15, 0.2) is 5.82 Å². The minimum absolute atomic E-state index is 0.127. The van der Waals surface area contributed by atoms with E-state index in [4.69, 9.17) is 4.52 Å². The highest BCUT2D eigenvalue weighted by atomic mass is 32.2. The first-order valence-corrected chi connectivity index (χ1v) is 10.7. The summed E-state index contributed by atoms with van der Waals surface area (Å²) in [5.74, 6) is 0.376. The van der Waals surface area contributed by atoms with Crippen LogP contribution in [0.4, 0.5) is 5.82 Å². The lowest BCUT2D eigenvalue weighted by atomic mass is 9.95. The molecule has 29 heavy (non-hydrogen) atoms. The molecule has 0 saturated heterocycles. The molecule has 1 aromatic heterocycles. The number of benzene rings is 2. The summed E-state index contributed by atoms with van der Waals surface area (Å²) in [7, 11) is -3.87. The second-order valence-electron chi connectivity index (χ2n) is 7.16. The average Bonchev–Trinajstić information content (AvgIpc) is 3.11. The van der Waals surface area contributed by atoms with Gasteiger partial charge >= 0.3 is 0 Å². The summed E-state index contributed by atoms with van der Waals surface area (Å²) in [6.07, 6.45) is 0.282. The molecule has 1 aliphatic heterocycles. The molecule has 1 N–H and O–H groups in total. The number of aromatic nitrogens is 1. The fourth-order valence-corrected chi connectivity index (χ4v) is 5.02. The van der Waals surface area contributed by atoms with Gasteiger partial charge in [-0.1, -0.05) is 47.1 Å². The van der Waals surface area contributed by atoms with Crippen LogP contribution in [0.2, 0.25) is 0 Å². The third-order valence-electron chi connectivity index (χ3n) is 5.01. The van der Waals surface area contributed by atoms with Crippen LogP contribution in [0.25, 0.3) is 0 Å². The number of fused-ring (bicyclic) bond motifs is 1. The number of hydrogen-bond donors (Lipinski definition) is 1. The van der Waals surface area contributed by atoms with E-state index in [9.17, 15) is 13.2 Å². The number of sulfonamides is 1. The van der Waals surface area contributed by atoms with Crippen LogP contribution in [0.3, 0.4) is 0 Å². The SMILES string of the molecule is Cc1ccc(S(=O)(=O)N2Cc3ccccc3C[C@@H]2C(=O)Nc2cc(C)on2)cc1. The van der Waals surface area contributed by atoms with Crippen molar-refractivity contribution in [3.05, 3.63) is 77.0 Å². The van der Waals surface area contributed by atoms with Gasteiger partial charge in [-0.2, -0.15) is 4.31 Å². The minimum atomic E-state index is -3.87. The van der Waals surface area contributed by atoms with Crippen LogP contribution in [0.5, 0.6) is 0 Å². The van der Waals surface area contributed by atoms with Crippen LogP contribution in [0.15, 0.2) is 64.0 Å². The number of carbonyl (C=O) groups is 1. The average molecular weight is 411 g/mol. The van der Waals surface area contributed by atoms with Crippen molar-refractivity contribution in [1.29, 1.82) is 0 Å². The largest absolute Gasteiger partial charge is 0.360 e. The molecule has 1 amide bonds. The van der Waals surface area contributed by atoms with Gasteiger partial charge in [0.05, 0.1) is 4.90 Å². The second kappa shape index (κ2) is 7.46. The molecule has 1 atom stereocenters. The molecule has 2 aromatic carbocycles. The Bertz CT molecular complexity index is 1150. The van der Waals surface area contributed by atoms with Crippen LogP contribution in [-0.4, -0.2) is 29.8 Å². The monoisotopic (exact) mass is 411 g/mol. The normalized spacial score (nSPS) is 17.0. The van der Waals surface area contributed by atoms with E-state index in [-0.39, 0.29) is 23.7 Å². The summed E-state index contributed by atoms with van der Waals surface area (Å²) < 4.78 is 33.0. The molecule has 0 unspecified atom stereocenters. The molecule has 0 fully saturated rings. The molecule has 1 aliphatic rings. The zero-order valence-electron chi connectivity index (χ0n) is 16.1. The molecule has 7 nitrogen and oxygen atoms in total. The van der Waals surface area contributed by atoms with E-state index in [1.165, 1.54) is 4.31 Å². The van der Waals surface area contributed by atoms with Gasteiger partial charge in [0, 0.05) is 12.6 Å². The van der Waals surface area contributed by atoms with E-state index in [2.05, 4.69) is 10.5 Å². The van der Waals surface area contributed by atoms with Crippen molar-refractivity contribution >= 4 is 21.7 Å². The van der Waals surface area contributed by atoms with E-state index >= 15 is 0 Å². The lowest BCUT2D eigenvalue weighted by molar-refractivity contribution is -0.120. The predicted octanol–water partition coefficient (Wildman–Crippen LogP) is 3.05. The highest BCUT2D eigenvalue weighted by Gasteiger charge is 2.39. The fraction of sp³-hybridized carbons (Fsp3) is 0.238. The van der Waals surface area contributed by atoms with Crippen LogP contribution < -0.4 is 5.32 Å². The first-order valence-electron chi connectivity index (χ1n) is 9.24. The van der Waals surface area contributed by atoms with E-state index in [0.717, 1.165) is 16.7 Å². The fourth-order valence-electron chi connectivity index (χ4n) is 3.46. The Labute approximate surface area is 169 Å². The quantitative estimate of drug-likeness (QED) is 0.712. The van der Waals surface area contributed by atoms with Crippen molar-refractivity contribution in [1.82, 2.24) is 9.46 Å². The van der Waals surface area contributed by atoms with E-state index in [1.807, 2.05) is 31.2 Å². The zero-order chi connectivity index (χ0) is 20.6. The topological polar surface area (TPSA) is 92.5 Å². The van der Waals surface area contributed by atoms with Gasteiger partial charge in [-0.25, -0.2) is 8.42 Å². The van der Waals surface area contributed by atoms with Crippen molar-refractivity contribution in [2.24, 2.45) is 0 Å². The molecule has 0 bridgehead atoms. The summed E-state index contributed by atoms with van der Waals surface area (Å²) in [4.78, 5) is 13.2. The van der Waals surface area contributed by atoms with Gasteiger partial charge in [-0.15, -0.1) is 0 Å². The molecule has 0 saturated carbocycles. The van der Waals surface area contributed by atoms with Crippen LogP contribution in [-0.2, 0) is 27.8 Å². The maximum atomic E-state index is 13.4. The van der Waals surface area contributed by atoms with Crippen molar-refractivity contribution in [2.45, 2.75) is 37.8 Å². The van der Waals surface area contributed by atoms with Gasteiger partial charge < -0.3 is 9.84 Å². The smallest absolute Gasteiger partial charge is 0.244 e. The number of nitrogens with zero attached hydrogens (tertiary/aromatic N) is 2. The maximum absolute atomic E-state index is 13.4. The van der Waals surface area contributed by atoms with Crippen molar-refractivity contribution in [3.8, 4) is 0 Å². The third kappa shape index (κ3) is 3.81. The summed E-state index contributed by atoms with van der Waals surface area (Å²) in [6, 6.07) is 14.9. The zero-order valence-corrected chi connectivity index (χ0v) is 16.9. The first kappa shape index (κ1) is 19.4. The first-order chi connectivity index (χ1) is 13.8.